The number of nitrogens with zero attached hydrogens (tertiary/aromatic N) is 1. The van der Waals surface area contributed by atoms with E-state index in [-0.39, 0.29) is 10.8 Å². The van der Waals surface area contributed by atoms with Crippen LogP contribution in [0.15, 0.2) is 205 Å². The molecule has 2 nitrogen and oxygen atoms in total. The number of fused-ring (bicyclic) bond motifs is 12. The molecule has 1 aromatic heterocycles. The van der Waals surface area contributed by atoms with E-state index in [0.717, 1.165) is 27.6 Å². The van der Waals surface area contributed by atoms with Crippen LogP contribution in [0, 0.1) is 0 Å². The summed E-state index contributed by atoms with van der Waals surface area (Å²) in [4.78, 5) is 2.59. The number of benzene rings is 9. The molecule has 0 N–H and O–H groups in total. The molecule has 2 heteroatoms. The number of furan rings is 1. The lowest BCUT2D eigenvalue weighted by Crippen LogP contribution is -2.30. The maximum atomic E-state index is 6.54. The van der Waals surface area contributed by atoms with Crippen LogP contribution in [0.4, 0.5) is 17.1 Å². The summed E-state index contributed by atoms with van der Waals surface area (Å²) < 4.78 is 6.54. The standard InChI is InChI=1S/C61H45NO/c1-59(2)47-28-15-13-27-44(47)57-52(59)34-39(61(38-20-7-5-8-21-38)48-29-16-11-24-41(48)42-25-12-17-30-49(42)61)35-54(57)62(40-22-9-6-10-23-40)53-32-19-31-50-58(53)46-36-45-43-26-14-18-33-55(43)63-56(45)37-51(46)60(50,3)4/h5-37H,1-4H3. The van der Waals surface area contributed by atoms with Crippen LogP contribution in [0.3, 0.4) is 0 Å². The zero-order valence-electron chi connectivity index (χ0n) is 35.9. The van der Waals surface area contributed by atoms with Crippen molar-refractivity contribution in [2.75, 3.05) is 4.90 Å². The van der Waals surface area contributed by atoms with Crippen LogP contribution in [-0.2, 0) is 16.2 Å². The lowest BCUT2D eigenvalue weighted by atomic mass is 9.66. The first-order chi connectivity index (χ1) is 30.8. The predicted octanol–water partition coefficient (Wildman–Crippen LogP) is 16.0. The maximum absolute atomic E-state index is 6.54. The molecule has 0 unspecified atom stereocenters. The fourth-order valence-electron chi connectivity index (χ4n) is 12.1. The van der Waals surface area contributed by atoms with Crippen LogP contribution in [0.5, 0.6) is 0 Å². The Morgan fingerprint density at radius 2 is 0.921 bits per heavy atom. The summed E-state index contributed by atoms with van der Waals surface area (Å²) in [5, 5.41) is 2.29. The smallest absolute Gasteiger partial charge is 0.135 e. The average Bonchev–Trinajstić information content (AvgIpc) is 3.99. The fraction of sp³-hybridized carbons (Fsp3) is 0.115. The second-order valence-corrected chi connectivity index (χ2v) is 18.8. The van der Waals surface area contributed by atoms with E-state index in [9.17, 15) is 0 Å². The molecule has 3 aliphatic rings. The Bertz CT molecular complexity index is 3470. The quantitative estimate of drug-likeness (QED) is 0.172. The number of anilines is 3. The summed E-state index contributed by atoms with van der Waals surface area (Å²) in [5.74, 6) is 0. The van der Waals surface area contributed by atoms with Crippen molar-refractivity contribution < 1.29 is 4.42 Å². The maximum Gasteiger partial charge on any atom is 0.135 e. The van der Waals surface area contributed by atoms with Crippen molar-refractivity contribution in [3.8, 4) is 33.4 Å². The molecule has 0 spiro atoms. The molecule has 63 heavy (non-hydrogen) atoms. The average molecular weight is 808 g/mol. The van der Waals surface area contributed by atoms with Gasteiger partial charge in [-0.15, -0.1) is 0 Å². The van der Waals surface area contributed by atoms with E-state index in [2.05, 4.69) is 233 Å². The highest BCUT2D eigenvalue weighted by Gasteiger charge is 2.49. The summed E-state index contributed by atoms with van der Waals surface area (Å²) >= 11 is 0. The zero-order valence-corrected chi connectivity index (χ0v) is 35.9. The SMILES string of the molecule is CC1(C)c2cc3oc4ccccc4c3cc2-c2c(N(c3ccccc3)c3cc(C4(c5ccccc5)c5ccccc5-c5ccccc54)cc4c3-c3ccccc3C4(C)C)cccc21. The van der Waals surface area contributed by atoms with E-state index >= 15 is 0 Å². The molecule has 0 amide bonds. The van der Waals surface area contributed by atoms with Gasteiger partial charge in [0.1, 0.15) is 11.2 Å². The van der Waals surface area contributed by atoms with Gasteiger partial charge in [-0.1, -0.05) is 185 Å². The van der Waals surface area contributed by atoms with Crippen molar-refractivity contribution in [3.63, 3.8) is 0 Å². The molecule has 0 radical (unpaired) electrons. The van der Waals surface area contributed by atoms with Crippen LogP contribution in [0.2, 0.25) is 0 Å². The van der Waals surface area contributed by atoms with E-state index in [1.165, 1.54) is 89.3 Å². The first-order valence-corrected chi connectivity index (χ1v) is 22.3. The monoisotopic (exact) mass is 807 g/mol. The van der Waals surface area contributed by atoms with E-state index in [1.54, 1.807) is 0 Å². The zero-order chi connectivity index (χ0) is 42.2. The summed E-state index contributed by atoms with van der Waals surface area (Å²) in [6.45, 7) is 9.59. The van der Waals surface area contributed by atoms with Gasteiger partial charge in [-0.3, -0.25) is 0 Å². The molecule has 0 fully saturated rings. The highest BCUT2D eigenvalue weighted by atomic mass is 16.3. The van der Waals surface area contributed by atoms with Crippen LogP contribution >= 0.6 is 0 Å². The Morgan fingerprint density at radius 1 is 0.349 bits per heavy atom. The van der Waals surface area contributed by atoms with Crippen molar-refractivity contribution in [2.24, 2.45) is 0 Å². The molecule has 0 aliphatic heterocycles. The molecule has 0 saturated carbocycles. The number of hydrogen-bond donors (Lipinski definition) is 0. The Balaban J connectivity index is 1.18. The predicted molar refractivity (Wildman–Crippen MR) is 261 cm³/mol. The highest BCUT2D eigenvalue weighted by molar-refractivity contribution is 6.09. The van der Waals surface area contributed by atoms with E-state index in [0.29, 0.717) is 0 Å². The number of para-hydroxylation sites is 2. The van der Waals surface area contributed by atoms with Gasteiger partial charge in [-0.25, -0.2) is 0 Å². The van der Waals surface area contributed by atoms with Gasteiger partial charge in [0.25, 0.3) is 0 Å². The van der Waals surface area contributed by atoms with Crippen molar-refractivity contribution in [3.05, 3.63) is 245 Å². The molecule has 9 aromatic carbocycles. The van der Waals surface area contributed by atoms with Crippen molar-refractivity contribution in [2.45, 2.75) is 43.9 Å². The minimum absolute atomic E-state index is 0.261. The topological polar surface area (TPSA) is 16.4 Å². The van der Waals surface area contributed by atoms with E-state index in [4.69, 9.17) is 4.42 Å². The summed E-state index contributed by atoms with van der Waals surface area (Å²) in [7, 11) is 0. The summed E-state index contributed by atoms with van der Waals surface area (Å²) in [5.41, 5.74) is 22.4. The molecule has 10 aromatic rings. The lowest BCUT2D eigenvalue weighted by Gasteiger charge is -2.37. The first kappa shape index (κ1) is 36.3. The molecule has 300 valence electrons. The minimum Gasteiger partial charge on any atom is -0.456 e. The molecule has 0 saturated heterocycles. The van der Waals surface area contributed by atoms with Gasteiger partial charge >= 0.3 is 0 Å². The number of hydrogen-bond acceptors (Lipinski definition) is 2. The van der Waals surface area contributed by atoms with Gasteiger partial charge < -0.3 is 9.32 Å². The highest BCUT2D eigenvalue weighted by Crippen LogP contribution is 2.62. The third kappa shape index (κ3) is 4.73. The van der Waals surface area contributed by atoms with Gasteiger partial charge in [0.2, 0.25) is 0 Å². The Hall–Kier alpha value is -7.42. The largest absolute Gasteiger partial charge is 0.456 e. The molecular formula is C61H45NO. The second kappa shape index (κ2) is 12.8. The van der Waals surface area contributed by atoms with Crippen LogP contribution in [-0.4, -0.2) is 0 Å². The Labute approximate surface area is 368 Å². The van der Waals surface area contributed by atoms with Gasteiger partial charge in [0.15, 0.2) is 0 Å². The minimum atomic E-state index is -0.577. The van der Waals surface area contributed by atoms with E-state index in [1.807, 2.05) is 0 Å². The van der Waals surface area contributed by atoms with Gasteiger partial charge in [0, 0.05) is 38.4 Å². The molecule has 0 atom stereocenters. The molecule has 3 aliphatic carbocycles. The molecule has 1 heterocycles. The summed E-state index contributed by atoms with van der Waals surface area (Å²) in [6, 6.07) is 74.9. The third-order valence-corrected chi connectivity index (χ3v) is 14.9. The lowest BCUT2D eigenvalue weighted by molar-refractivity contribution is 0.647. The van der Waals surface area contributed by atoms with Gasteiger partial charge in [0.05, 0.1) is 16.8 Å². The van der Waals surface area contributed by atoms with Crippen molar-refractivity contribution in [1.29, 1.82) is 0 Å². The molecule has 0 bridgehead atoms. The summed E-state index contributed by atoms with van der Waals surface area (Å²) in [6.07, 6.45) is 0. The molecule has 13 rings (SSSR count). The fourth-order valence-corrected chi connectivity index (χ4v) is 12.1. The van der Waals surface area contributed by atoms with Crippen molar-refractivity contribution in [1.82, 2.24) is 0 Å². The Kier molecular flexibility index (Phi) is 7.37. The third-order valence-electron chi connectivity index (χ3n) is 14.9. The van der Waals surface area contributed by atoms with Crippen LogP contribution in [0.25, 0.3) is 55.3 Å². The Morgan fingerprint density at radius 3 is 1.65 bits per heavy atom. The van der Waals surface area contributed by atoms with Crippen LogP contribution < -0.4 is 4.90 Å². The van der Waals surface area contributed by atoms with Crippen molar-refractivity contribution >= 4 is 39.0 Å². The first-order valence-electron chi connectivity index (χ1n) is 22.3. The number of rotatable bonds is 5. The van der Waals surface area contributed by atoms with Crippen LogP contribution in [0.1, 0.15) is 72.2 Å². The second-order valence-electron chi connectivity index (χ2n) is 18.8. The molecular weight excluding hydrogens is 763 g/mol. The van der Waals surface area contributed by atoms with Gasteiger partial charge in [-0.05, 0) is 109 Å². The normalized spacial score (nSPS) is 15.4. The van der Waals surface area contributed by atoms with Gasteiger partial charge in [-0.2, -0.15) is 0 Å². The van der Waals surface area contributed by atoms with E-state index < -0.39 is 5.41 Å².